The number of nitrogens with zero attached hydrogens (tertiary/aromatic N) is 3. The Hall–Kier alpha value is -3.00. The molecule has 0 aromatic heterocycles. The van der Waals surface area contributed by atoms with Gasteiger partial charge in [-0.3, -0.25) is 0 Å². The first kappa shape index (κ1) is 18.3. The van der Waals surface area contributed by atoms with Gasteiger partial charge in [0.2, 0.25) is 5.96 Å². The summed E-state index contributed by atoms with van der Waals surface area (Å²) in [6.07, 6.45) is 12.1. The summed E-state index contributed by atoms with van der Waals surface area (Å²) < 4.78 is 5.64. The quantitative estimate of drug-likeness (QED) is 0.387. The Balaban J connectivity index is 2.13. The first-order chi connectivity index (χ1) is 12.1. The van der Waals surface area contributed by atoms with Crippen LogP contribution >= 0.6 is 0 Å². The molecule has 0 amide bonds. The molecule has 1 heterocycles. The van der Waals surface area contributed by atoms with Crippen molar-refractivity contribution in [3.05, 3.63) is 53.9 Å². The number of aliphatic imine (C=N–C) groups is 2. The van der Waals surface area contributed by atoms with Gasteiger partial charge < -0.3 is 15.0 Å². The number of allylic oxidation sites excluding steroid dienone is 2. The van der Waals surface area contributed by atoms with Crippen LogP contribution in [-0.4, -0.2) is 36.9 Å². The van der Waals surface area contributed by atoms with Gasteiger partial charge in [-0.05, 0) is 43.3 Å². The number of rotatable bonds is 5. The molecule has 5 nitrogen and oxygen atoms in total. The molecule has 0 atom stereocenters. The van der Waals surface area contributed by atoms with Crippen molar-refractivity contribution in [1.82, 2.24) is 4.90 Å². The van der Waals surface area contributed by atoms with Gasteiger partial charge >= 0.3 is 0 Å². The van der Waals surface area contributed by atoms with Crippen molar-refractivity contribution in [2.75, 3.05) is 25.6 Å². The zero-order valence-electron chi connectivity index (χ0n) is 15.0. The Morgan fingerprint density at radius 2 is 2.16 bits per heavy atom. The minimum atomic E-state index is 0.217. The van der Waals surface area contributed by atoms with E-state index < -0.39 is 0 Å². The van der Waals surface area contributed by atoms with Crippen LogP contribution in [0.5, 0.6) is 0 Å². The summed E-state index contributed by atoms with van der Waals surface area (Å²) in [5.41, 5.74) is 2.65. The highest BCUT2D eigenvalue weighted by Gasteiger charge is 2.08. The second-order valence-corrected chi connectivity index (χ2v) is 5.54. The molecule has 1 aromatic carbocycles. The standard InChI is InChI=1S/C20H24N4O/c1-5-16-8-10-17(11-9-16)22-20(21-15-25-19(6-2)7-3)23-18-12-13-24(4)14-18/h1,6,8-13H,7,14-15H2,2-4H3,(H,21,22)/b19-6-,23-18-. The van der Waals surface area contributed by atoms with Crippen LogP contribution in [0.15, 0.2) is 58.4 Å². The number of anilines is 1. The van der Waals surface area contributed by atoms with Crippen molar-refractivity contribution in [2.45, 2.75) is 20.3 Å². The Labute approximate surface area is 149 Å². The van der Waals surface area contributed by atoms with Crippen molar-refractivity contribution in [3.63, 3.8) is 0 Å². The molecule has 0 unspecified atom stereocenters. The highest BCUT2D eigenvalue weighted by atomic mass is 16.5. The molecule has 1 aromatic rings. The van der Waals surface area contributed by atoms with Crippen molar-refractivity contribution in [2.24, 2.45) is 9.98 Å². The molecular formula is C20H24N4O. The number of hydrogen-bond acceptors (Lipinski definition) is 3. The maximum absolute atomic E-state index is 5.64. The molecule has 1 N–H and O–H groups in total. The molecular weight excluding hydrogens is 312 g/mol. The molecule has 25 heavy (non-hydrogen) atoms. The van der Waals surface area contributed by atoms with E-state index in [9.17, 15) is 0 Å². The minimum Gasteiger partial charge on any atom is -0.476 e. The van der Waals surface area contributed by atoms with Gasteiger partial charge in [0.05, 0.1) is 18.0 Å². The van der Waals surface area contributed by atoms with E-state index in [1.807, 2.05) is 63.5 Å². The molecule has 0 spiro atoms. The summed E-state index contributed by atoms with van der Waals surface area (Å²) in [4.78, 5) is 11.1. The monoisotopic (exact) mass is 336 g/mol. The lowest BCUT2D eigenvalue weighted by Crippen LogP contribution is -2.17. The topological polar surface area (TPSA) is 49.2 Å². The summed E-state index contributed by atoms with van der Waals surface area (Å²) in [5, 5.41) is 3.22. The molecule has 0 saturated carbocycles. The normalized spacial score (nSPS) is 16.2. The van der Waals surface area contributed by atoms with Gasteiger partial charge in [0.1, 0.15) is 0 Å². The summed E-state index contributed by atoms with van der Waals surface area (Å²) >= 11 is 0. The Morgan fingerprint density at radius 3 is 2.72 bits per heavy atom. The van der Waals surface area contributed by atoms with Gasteiger partial charge in [-0.25, -0.2) is 9.98 Å². The van der Waals surface area contributed by atoms with Gasteiger partial charge in [0, 0.05) is 30.9 Å². The number of terminal acetylenes is 1. The van der Waals surface area contributed by atoms with Crippen molar-refractivity contribution < 1.29 is 4.74 Å². The number of hydrogen-bond donors (Lipinski definition) is 1. The Kier molecular flexibility index (Phi) is 6.85. The number of ether oxygens (including phenoxy) is 1. The minimum absolute atomic E-state index is 0.217. The second kappa shape index (κ2) is 9.33. The van der Waals surface area contributed by atoms with Crippen LogP contribution in [0, 0.1) is 12.3 Å². The van der Waals surface area contributed by atoms with Crippen LogP contribution in [0.1, 0.15) is 25.8 Å². The highest BCUT2D eigenvalue weighted by molar-refractivity contribution is 6.09. The maximum Gasteiger partial charge on any atom is 0.226 e. The van der Waals surface area contributed by atoms with Crippen LogP contribution in [-0.2, 0) is 4.74 Å². The van der Waals surface area contributed by atoms with Gasteiger partial charge in [-0.15, -0.1) is 6.42 Å². The van der Waals surface area contributed by atoms with Crippen LogP contribution in [0.2, 0.25) is 0 Å². The van der Waals surface area contributed by atoms with Gasteiger partial charge in [-0.1, -0.05) is 12.8 Å². The van der Waals surface area contributed by atoms with Gasteiger partial charge in [0.15, 0.2) is 6.73 Å². The van der Waals surface area contributed by atoms with Crippen molar-refractivity contribution >= 4 is 17.4 Å². The predicted octanol–water partition coefficient (Wildman–Crippen LogP) is 3.62. The van der Waals surface area contributed by atoms with E-state index in [-0.39, 0.29) is 6.73 Å². The van der Waals surface area contributed by atoms with E-state index >= 15 is 0 Å². The van der Waals surface area contributed by atoms with E-state index in [1.54, 1.807) is 0 Å². The second-order valence-electron chi connectivity index (χ2n) is 5.54. The third-order valence-corrected chi connectivity index (χ3v) is 3.62. The lowest BCUT2D eigenvalue weighted by molar-refractivity contribution is 0.214. The fourth-order valence-corrected chi connectivity index (χ4v) is 2.23. The molecule has 0 radical (unpaired) electrons. The average molecular weight is 336 g/mol. The third kappa shape index (κ3) is 5.85. The maximum atomic E-state index is 5.64. The zero-order chi connectivity index (χ0) is 18.1. The van der Waals surface area contributed by atoms with E-state index in [1.165, 1.54) is 0 Å². The van der Waals surface area contributed by atoms with Gasteiger partial charge in [-0.2, -0.15) is 0 Å². The summed E-state index contributed by atoms with van der Waals surface area (Å²) in [5.74, 6) is 4.03. The first-order valence-electron chi connectivity index (χ1n) is 8.26. The van der Waals surface area contributed by atoms with Crippen LogP contribution in [0.4, 0.5) is 5.69 Å². The van der Waals surface area contributed by atoms with Crippen LogP contribution in [0.25, 0.3) is 0 Å². The van der Waals surface area contributed by atoms with Crippen LogP contribution < -0.4 is 5.32 Å². The summed E-state index contributed by atoms with van der Waals surface area (Å²) in [6, 6.07) is 7.57. The molecule has 5 heteroatoms. The molecule has 0 bridgehead atoms. The predicted molar refractivity (Wildman–Crippen MR) is 105 cm³/mol. The first-order valence-corrected chi connectivity index (χ1v) is 8.26. The van der Waals surface area contributed by atoms with Crippen LogP contribution in [0.3, 0.4) is 0 Å². The van der Waals surface area contributed by atoms with Crippen molar-refractivity contribution in [3.8, 4) is 12.3 Å². The largest absolute Gasteiger partial charge is 0.476 e. The lowest BCUT2D eigenvalue weighted by Gasteiger charge is -2.10. The van der Waals surface area contributed by atoms with E-state index in [2.05, 4.69) is 26.1 Å². The molecule has 1 aliphatic rings. The summed E-state index contributed by atoms with van der Waals surface area (Å²) in [7, 11) is 2.00. The number of nitrogens with one attached hydrogen (secondary N) is 1. The van der Waals surface area contributed by atoms with E-state index in [0.717, 1.165) is 35.7 Å². The van der Waals surface area contributed by atoms with E-state index in [4.69, 9.17) is 11.2 Å². The highest BCUT2D eigenvalue weighted by Crippen LogP contribution is 2.10. The Bertz CT molecular complexity index is 736. The summed E-state index contributed by atoms with van der Waals surface area (Å²) in [6.45, 7) is 4.97. The molecule has 0 aliphatic carbocycles. The van der Waals surface area contributed by atoms with Gasteiger partial charge in [0.25, 0.3) is 0 Å². The Morgan fingerprint density at radius 1 is 1.40 bits per heavy atom. The molecule has 1 aliphatic heterocycles. The van der Waals surface area contributed by atoms with E-state index in [0.29, 0.717) is 5.96 Å². The number of benzene rings is 1. The molecule has 130 valence electrons. The molecule has 2 rings (SSSR count). The fraction of sp³-hybridized carbons (Fsp3) is 0.300. The third-order valence-electron chi connectivity index (χ3n) is 3.62. The molecule has 0 fully saturated rings. The SMILES string of the molecule is C#Cc1ccc(NC(/N=C2/C=CN(C)C2)=N/CO/C(=C\C)CC)cc1. The fourth-order valence-electron chi connectivity index (χ4n) is 2.23. The smallest absolute Gasteiger partial charge is 0.226 e. The van der Waals surface area contributed by atoms with Crippen molar-refractivity contribution in [1.29, 1.82) is 0 Å². The lowest BCUT2D eigenvalue weighted by atomic mass is 10.2. The molecule has 0 saturated heterocycles. The zero-order valence-corrected chi connectivity index (χ0v) is 15.0. The number of guanidine groups is 1. The average Bonchev–Trinajstić information content (AvgIpc) is 3.04.